The Morgan fingerprint density at radius 1 is 1.14 bits per heavy atom. The van der Waals surface area contributed by atoms with E-state index in [0.29, 0.717) is 5.02 Å². The molecule has 0 bridgehead atoms. The molecule has 1 atom stereocenters. The summed E-state index contributed by atoms with van der Waals surface area (Å²) in [6.45, 7) is 5.56. The minimum absolute atomic E-state index is 0.164. The zero-order valence-corrected chi connectivity index (χ0v) is 18.1. The maximum absolute atomic E-state index is 12.6. The maximum Gasteiger partial charge on any atom is 0.262 e. The van der Waals surface area contributed by atoms with E-state index in [-0.39, 0.29) is 16.5 Å². The fraction of sp³-hybridized carbons (Fsp3) is 0.286. The lowest BCUT2D eigenvalue weighted by molar-refractivity contribution is -0.123. The van der Waals surface area contributed by atoms with Gasteiger partial charge in [0, 0.05) is 5.02 Å². The summed E-state index contributed by atoms with van der Waals surface area (Å²) in [5, 5.41) is 7.35. The fourth-order valence-electron chi connectivity index (χ4n) is 2.58. The van der Waals surface area contributed by atoms with Gasteiger partial charge in [-0.15, -0.1) is 0 Å². The van der Waals surface area contributed by atoms with Crippen LogP contribution in [0.25, 0.3) is 0 Å². The molecule has 2 amide bonds. The highest BCUT2D eigenvalue weighted by Crippen LogP contribution is 2.21. The average molecular weight is 436 g/mol. The molecule has 0 aliphatic carbocycles. The zero-order valence-electron chi connectivity index (χ0n) is 16.6. The van der Waals surface area contributed by atoms with Gasteiger partial charge in [-0.1, -0.05) is 37.0 Å². The number of hydrogen-bond donors (Lipinski definition) is 2. The Bertz CT molecular complexity index is 929. The monoisotopic (exact) mass is 435 g/mol. The third-order valence-electron chi connectivity index (χ3n) is 4.27. The molecular formula is C21H23Cl2N3O3. The molecule has 0 spiro atoms. The van der Waals surface area contributed by atoms with E-state index in [9.17, 15) is 9.59 Å². The molecule has 0 saturated heterocycles. The van der Waals surface area contributed by atoms with Crippen LogP contribution in [0.3, 0.4) is 0 Å². The number of halogens is 2. The number of aryl methyl sites for hydroxylation is 1. The van der Waals surface area contributed by atoms with Gasteiger partial charge in [-0.2, -0.15) is 5.10 Å². The molecule has 29 heavy (non-hydrogen) atoms. The SMILES string of the molecule is COc1ccc(C=NNC(=O)C(NC(=O)c2ccc(Cl)cc2Cl)C(C)C)c(C)c1. The van der Waals surface area contributed by atoms with Gasteiger partial charge in [0.15, 0.2) is 0 Å². The first-order chi connectivity index (χ1) is 13.7. The number of rotatable bonds is 7. The molecule has 154 valence electrons. The number of hydrogen-bond acceptors (Lipinski definition) is 4. The quantitative estimate of drug-likeness (QED) is 0.504. The average Bonchev–Trinajstić information content (AvgIpc) is 2.66. The Balaban J connectivity index is 2.06. The van der Waals surface area contributed by atoms with E-state index >= 15 is 0 Å². The molecule has 2 aromatic carbocycles. The Labute approximate surface area is 180 Å². The van der Waals surface area contributed by atoms with Gasteiger partial charge >= 0.3 is 0 Å². The molecule has 8 heteroatoms. The largest absolute Gasteiger partial charge is 0.497 e. The lowest BCUT2D eigenvalue weighted by Crippen LogP contribution is -2.48. The topological polar surface area (TPSA) is 79.8 Å². The van der Waals surface area contributed by atoms with Gasteiger partial charge in [0.05, 0.1) is 23.9 Å². The van der Waals surface area contributed by atoms with Crippen LogP contribution in [0.4, 0.5) is 0 Å². The van der Waals surface area contributed by atoms with E-state index in [0.717, 1.165) is 16.9 Å². The number of carbonyl (C=O) groups is 2. The molecule has 0 heterocycles. The van der Waals surface area contributed by atoms with Crippen LogP contribution in [0.5, 0.6) is 5.75 Å². The predicted octanol–water partition coefficient (Wildman–Crippen LogP) is 4.22. The molecular weight excluding hydrogens is 413 g/mol. The van der Waals surface area contributed by atoms with Crippen LogP contribution in [0.15, 0.2) is 41.5 Å². The molecule has 2 rings (SSSR count). The molecule has 0 fully saturated rings. The van der Waals surface area contributed by atoms with Crippen molar-refractivity contribution in [3.8, 4) is 5.75 Å². The van der Waals surface area contributed by atoms with Crippen LogP contribution in [0.2, 0.25) is 10.0 Å². The number of benzene rings is 2. The van der Waals surface area contributed by atoms with Crippen LogP contribution in [-0.4, -0.2) is 31.2 Å². The third kappa shape index (κ3) is 6.21. The normalized spacial score (nSPS) is 12.1. The van der Waals surface area contributed by atoms with Gasteiger partial charge in [0.25, 0.3) is 11.8 Å². The first-order valence-corrected chi connectivity index (χ1v) is 9.72. The number of nitrogens with zero attached hydrogens (tertiary/aromatic N) is 1. The Morgan fingerprint density at radius 2 is 1.86 bits per heavy atom. The summed E-state index contributed by atoms with van der Waals surface area (Å²) < 4.78 is 5.17. The van der Waals surface area contributed by atoms with Gasteiger partial charge in [0.2, 0.25) is 0 Å². The summed E-state index contributed by atoms with van der Waals surface area (Å²) >= 11 is 11.9. The number of methoxy groups -OCH3 is 1. The first-order valence-electron chi connectivity index (χ1n) is 8.96. The maximum atomic E-state index is 12.6. The minimum Gasteiger partial charge on any atom is -0.497 e. The molecule has 2 aromatic rings. The van der Waals surface area contributed by atoms with Crippen molar-refractivity contribution >= 4 is 41.2 Å². The second kappa shape index (κ2) is 10.3. The van der Waals surface area contributed by atoms with E-state index < -0.39 is 17.9 Å². The Hall–Kier alpha value is -2.57. The van der Waals surface area contributed by atoms with Gasteiger partial charge in [0.1, 0.15) is 11.8 Å². The first kappa shape index (κ1) is 22.7. The zero-order chi connectivity index (χ0) is 21.6. The molecule has 1 unspecified atom stereocenters. The lowest BCUT2D eigenvalue weighted by Gasteiger charge is -2.20. The molecule has 0 aromatic heterocycles. The van der Waals surface area contributed by atoms with Crippen molar-refractivity contribution in [3.63, 3.8) is 0 Å². The van der Waals surface area contributed by atoms with E-state index in [1.54, 1.807) is 19.4 Å². The molecule has 0 radical (unpaired) electrons. The van der Waals surface area contributed by atoms with Crippen LogP contribution in [0.1, 0.15) is 35.3 Å². The van der Waals surface area contributed by atoms with Crippen molar-refractivity contribution < 1.29 is 14.3 Å². The molecule has 2 N–H and O–H groups in total. The molecule has 6 nitrogen and oxygen atoms in total. The van der Waals surface area contributed by atoms with E-state index in [4.69, 9.17) is 27.9 Å². The van der Waals surface area contributed by atoms with Crippen molar-refractivity contribution in [1.82, 2.24) is 10.7 Å². The van der Waals surface area contributed by atoms with Crippen LogP contribution >= 0.6 is 23.2 Å². The highest BCUT2D eigenvalue weighted by atomic mass is 35.5. The summed E-state index contributed by atoms with van der Waals surface area (Å²) in [6, 6.07) is 9.29. The Kier molecular flexibility index (Phi) is 8.05. The summed E-state index contributed by atoms with van der Waals surface area (Å²) in [5.74, 6) is -0.313. The number of amides is 2. The summed E-state index contributed by atoms with van der Waals surface area (Å²) in [4.78, 5) is 25.1. The lowest BCUT2D eigenvalue weighted by atomic mass is 10.0. The molecule has 0 aliphatic heterocycles. The van der Waals surface area contributed by atoms with Gasteiger partial charge < -0.3 is 10.1 Å². The highest BCUT2D eigenvalue weighted by Gasteiger charge is 2.25. The second-order valence-electron chi connectivity index (χ2n) is 6.78. The Morgan fingerprint density at radius 3 is 2.45 bits per heavy atom. The van der Waals surface area contributed by atoms with E-state index in [1.165, 1.54) is 12.1 Å². The molecule has 0 aliphatic rings. The number of nitrogens with one attached hydrogen (secondary N) is 2. The standard InChI is InChI=1S/C21H23Cl2N3O3/c1-12(2)19(25-20(27)17-8-6-15(22)10-18(17)23)21(28)26-24-11-14-5-7-16(29-4)9-13(14)3/h5-12,19H,1-4H3,(H,25,27)(H,26,28). The number of hydrazone groups is 1. The molecule has 0 saturated carbocycles. The van der Waals surface area contributed by atoms with Crippen molar-refractivity contribution in [1.29, 1.82) is 0 Å². The van der Waals surface area contributed by atoms with Gasteiger partial charge in [-0.05, 0) is 60.4 Å². The summed E-state index contributed by atoms with van der Waals surface area (Å²) in [5.41, 5.74) is 4.51. The van der Waals surface area contributed by atoms with E-state index in [1.807, 2.05) is 39.0 Å². The van der Waals surface area contributed by atoms with Crippen molar-refractivity contribution in [2.75, 3.05) is 7.11 Å². The summed E-state index contributed by atoms with van der Waals surface area (Å²) in [7, 11) is 1.60. The smallest absolute Gasteiger partial charge is 0.262 e. The van der Waals surface area contributed by atoms with Crippen molar-refractivity contribution in [3.05, 3.63) is 63.1 Å². The van der Waals surface area contributed by atoms with Gasteiger partial charge in [-0.3, -0.25) is 9.59 Å². The predicted molar refractivity (Wildman–Crippen MR) is 116 cm³/mol. The fourth-order valence-corrected chi connectivity index (χ4v) is 3.08. The highest BCUT2D eigenvalue weighted by molar-refractivity contribution is 6.36. The van der Waals surface area contributed by atoms with Gasteiger partial charge in [-0.25, -0.2) is 5.43 Å². The minimum atomic E-state index is -0.789. The van der Waals surface area contributed by atoms with Crippen LogP contribution < -0.4 is 15.5 Å². The van der Waals surface area contributed by atoms with Crippen LogP contribution in [-0.2, 0) is 4.79 Å². The van der Waals surface area contributed by atoms with Crippen molar-refractivity contribution in [2.24, 2.45) is 11.0 Å². The second-order valence-corrected chi connectivity index (χ2v) is 7.62. The number of ether oxygens (including phenoxy) is 1. The van der Waals surface area contributed by atoms with Crippen molar-refractivity contribution in [2.45, 2.75) is 26.8 Å². The number of carbonyl (C=O) groups excluding carboxylic acids is 2. The van der Waals surface area contributed by atoms with Crippen LogP contribution in [0, 0.1) is 12.8 Å². The third-order valence-corrected chi connectivity index (χ3v) is 4.81. The summed E-state index contributed by atoms with van der Waals surface area (Å²) in [6.07, 6.45) is 1.54. The van der Waals surface area contributed by atoms with E-state index in [2.05, 4.69) is 15.8 Å².